The lowest BCUT2D eigenvalue weighted by atomic mass is 10.3. The van der Waals surface area contributed by atoms with Gasteiger partial charge in [0.25, 0.3) is 0 Å². The number of aliphatic carboxylic acids is 1. The summed E-state index contributed by atoms with van der Waals surface area (Å²) in [6.45, 7) is -0.481. The standard InChI is InChI=1S/C11H13ClN2O4S/c1-14(18-6-10(15)16)11(19)13-8-5-7(12)3-4-9(8)17-2/h3-5H,6H2,1-2H3,(H,13,19)(H,15,16). The number of nitrogens with zero attached hydrogens (tertiary/aromatic N) is 1. The summed E-state index contributed by atoms with van der Waals surface area (Å²) in [6, 6.07) is 5.00. The average molecular weight is 305 g/mol. The number of ether oxygens (including phenoxy) is 1. The average Bonchev–Trinajstić information content (AvgIpc) is 2.36. The van der Waals surface area contributed by atoms with Crippen LogP contribution in [0.3, 0.4) is 0 Å². The van der Waals surface area contributed by atoms with Crippen LogP contribution in [0.2, 0.25) is 5.02 Å². The highest BCUT2D eigenvalue weighted by molar-refractivity contribution is 7.80. The summed E-state index contributed by atoms with van der Waals surface area (Å²) in [5, 5.41) is 13.2. The van der Waals surface area contributed by atoms with Gasteiger partial charge in [0.1, 0.15) is 5.75 Å². The quantitative estimate of drug-likeness (QED) is 0.637. The number of carboxylic acid groups (broad SMARTS) is 1. The highest BCUT2D eigenvalue weighted by atomic mass is 35.5. The molecule has 0 bridgehead atoms. The Morgan fingerprint density at radius 1 is 1.58 bits per heavy atom. The number of nitrogens with one attached hydrogen (secondary N) is 1. The number of thiocarbonyl (C=S) groups is 1. The Hall–Kier alpha value is -1.57. The van der Waals surface area contributed by atoms with Crippen LogP contribution in [0.5, 0.6) is 5.75 Å². The van der Waals surface area contributed by atoms with Gasteiger partial charge in [-0.2, -0.15) is 0 Å². The molecular weight excluding hydrogens is 292 g/mol. The van der Waals surface area contributed by atoms with E-state index in [9.17, 15) is 4.79 Å². The van der Waals surface area contributed by atoms with E-state index in [0.717, 1.165) is 5.06 Å². The number of halogens is 1. The van der Waals surface area contributed by atoms with Crippen molar-refractivity contribution in [2.45, 2.75) is 0 Å². The van der Waals surface area contributed by atoms with Gasteiger partial charge in [-0.25, -0.2) is 9.86 Å². The first-order valence-electron chi connectivity index (χ1n) is 5.17. The Kier molecular flexibility index (Phi) is 5.81. The molecule has 0 radical (unpaired) electrons. The Labute approximate surface area is 120 Å². The molecule has 6 nitrogen and oxygen atoms in total. The van der Waals surface area contributed by atoms with Crippen LogP contribution in [-0.2, 0) is 9.63 Å². The molecular formula is C11H13ClN2O4S. The minimum absolute atomic E-state index is 0.182. The summed E-state index contributed by atoms with van der Waals surface area (Å²) in [6.07, 6.45) is 0. The monoisotopic (exact) mass is 304 g/mol. The molecule has 0 aromatic heterocycles. The van der Waals surface area contributed by atoms with E-state index in [1.54, 1.807) is 18.2 Å². The van der Waals surface area contributed by atoms with Crippen molar-refractivity contribution in [1.29, 1.82) is 0 Å². The summed E-state index contributed by atoms with van der Waals surface area (Å²) in [5.74, 6) is -0.534. The lowest BCUT2D eigenvalue weighted by molar-refractivity contribution is -0.155. The van der Waals surface area contributed by atoms with Gasteiger partial charge in [-0.05, 0) is 30.4 Å². The Morgan fingerprint density at radius 3 is 2.84 bits per heavy atom. The molecule has 0 heterocycles. The van der Waals surface area contributed by atoms with Gasteiger partial charge in [0.15, 0.2) is 11.7 Å². The van der Waals surface area contributed by atoms with Crippen LogP contribution in [0.4, 0.5) is 5.69 Å². The minimum Gasteiger partial charge on any atom is -0.495 e. The van der Waals surface area contributed by atoms with Gasteiger partial charge in [0.2, 0.25) is 0 Å². The van der Waals surface area contributed by atoms with Crippen molar-refractivity contribution in [3.05, 3.63) is 23.2 Å². The van der Waals surface area contributed by atoms with Crippen molar-refractivity contribution in [1.82, 2.24) is 5.06 Å². The van der Waals surface area contributed by atoms with Gasteiger partial charge < -0.3 is 15.2 Å². The maximum Gasteiger partial charge on any atom is 0.332 e. The van der Waals surface area contributed by atoms with Gasteiger partial charge in [-0.15, -0.1) is 0 Å². The molecule has 1 aromatic carbocycles. The van der Waals surface area contributed by atoms with Gasteiger partial charge in [-0.3, -0.25) is 4.84 Å². The van der Waals surface area contributed by atoms with E-state index in [0.29, 0.717) is 16.5 Å². The van der Waals surface area contributed by atoms with E-state index in [4.69, 9.17) is 38.5 Å². The van der Waals surface area contributed by atoms with Crippen molar-refractivity contribution in [3.8, 4) is 5.75 Å². The van der Waals surface area contributed by atoms with Crippen LogP contribution in [0.25, 0.3) is 0 Å². The molecule has 0 amide bonds. The first-order chi connectivity index (χ1) is 8.93. The molecule has 0 saturated heterocycles. The van der Waals surface area contributed by atoms with Gasteiger partial charge in [-0.1, -0.05) is 11.6 Å². The molecule has 0 aliphatic rings. The summed E-state index contributed by atoms with van der Waals surface area (Å²) < 4.78 is 5.14. The van der Waals surface area contributed by atoms with Gasteiger partial charge >= 0.3 is 5.97 Å². The molecule has 0 atom stereocenters. The predicted octanol–water partition coefficient (Wildman–Crippen LogP) is 1.99. The first kappa shape index (κ1) is 15.5. The van der Waals surface area contributed by atoms with Crippen LogP contribution in [0.15, 0.2) is 18.2 Å². The number of methoxy groups -OCH3 is 1. The fourth-order valence-corrected chi connectivity index (χ4v) is 1.52. The Morgan fingerprint density at radius 2 is 2.26 bits per heavy atom. The number of hydroxylamine groups is 2. The molecule has 104 valence electrons. The van der Waals surface area contributed by atoms with Gasteiger partial charge in [0.05, 0.1) is 12.8 Å². The highest BCUT2D eigenvalue weighted by Crippen LogP contribution is 2.27. The van der Waals surface area contributed by atoms with Crippen LogP contribution in [-0.4, -0.2) is 42.0 Å². The second kappa shape index (κ2) is 7.13. The second-order valence-electron chi connectivity index (χ2n) is 3.44. The maximum absolute atomic E-state index is 10.4. The van der Waals surface area contributed by atoms with Gasteiger partial charge in [0, 0.05) is 12.1 Å². The topological polar surface area (TPSA) is 71.0 Å². The largest absolute Gasteiger partial charge is 0.495 e. The summed E-state index contributed by atoms with van der Waals surface area (Å²) in [4.78, 5) is 15.3. The number of carboxylic acids is 1. The number of anilines is 1. The zero-order valence-electron chi connectivity index (χ0n) is 10.3. The number of hydrogen-bond acceptors (Lipinski definition) is 4. The highest BCUT2D eigenvalue weighted by Gasteiger charge is 2.10. The van der Waals surface area contributed by atoms with E-state index >= 15 is 0 Å². The summed E-state index contributed by atoms with van der Waals surface area (Å²) >= 11 is 10.9. The van der Waals surface area contributed by atoms with Crippen LogP contribution >= 0.6 is 23.8 Å². The molecule has 1 aromatic rings. The normalized spacial score (nSPS) is 9.84. The number of carbonyl (C=O) groups is 1. The minimum atomic E-state index is -1.09. The third kappa shape index (κ3) is 4.90. The molecule has 19 heavy (non-hydrogen) atoms. The Balaban J connectivity index is 2.70. The number of benzene rings is 1. The maximum atomic E-state index is 10.4. The molecule has 0 aliphatic carbocycles. The number of hydrogen-bond donors (Lipinski definition) is 2. The lowest BCUT2D eigenvalue weighted by Gasteiger charge is -2.20. The SMILES string of the molecule is COc1ccc(Cl)cc1NC(=S)N(C)OCC(=O)O. The predicted molar refractivity (Wildman–Crippen MR) is 75.6 cm³/mol. The van der Waals surface area contributed by atoms with Crippen molar-refractivity contribution in [2.75, 3.05) is 26.1 Å². The first-order valence-corrected chi connectivity index (χ1v) is 5.95. The van der Waals surface area contributed by atoms with E-state index in [2.05, 4.69) is 5.32 Å². The zero-order chi connectivity index (χ0) is 14.4. The third-order valence-electron chi connectivity index (χ3n) is 2.07. The van der Waals surface area contributed by atoms with Crippen molar-refractivity contribution in [3.63, 3.8) is 0 Å². The van der Waals surface area contributed by atoms with Crippen molar-refractivity contribution in [2.24, 2.45) is 0 Å². The molecule has 0 fully saturated rings. The molecule has 8 heteroatoms. The smallest absolute Gasteiger partial charge is 0.332 e. The molecule has 0 spiro atoms. The van der Waals surface area contributed by atoms with Crippen LogP contribution in [0, 0.1) is 0 Å². The summed E-state index contributed by atoms with van der Waals surface area (Å²) in [7, 11) is 3.01. The van der Waals surface area contributed by atoms with Crippen molar-refractivity contribution >= 4 is 40.6 Å². The lowest BCUT2D eigenvalue weighted by Crippen LogP contribution is -2.33. The molecule has 0 aliphatic heterocycles. The molecule has 2 N–H and O–H groups in total. The van der Waals surface area contributed by atoms with E-state index in [-0.39, 0.29) is 5.11 Å². The fraction of sp³-hybridized carbons (Fsp3) is 0.273. The Bertz CT molecular complexity index is 484. The van der Waals surface area contributed by atoms with E-state index in [1.165, 1.54) is 14.2 Å². The second-order valence-corrected chi connectivity index (χ2v) is 4.26. The molecule has 1 rings (SSSR count). The van der Waals surface area contributed by atoms with Crippen molar-refractivity contribution < 1.29 is 19.5 Å². The van der Waals surface area contributed by atoms with Crippen LogP contribution in [0.1, 0.15) is 0 Å². The summed E-state index contributed by atoms with van der Waals surface area (Å²) in [5.41, 5.74) is 0.561. The fourth-order valence-electron chi connectivity index (χ4n) is 1.18. The number of rotatable bonds is 5. The molecule has 0 unspecified atom stereocenters. The van der Waals surface area contributed by atoms with Crippen LogP contribution < -0.4 is 10.1 Å². The van der Waals surface area contributed by atoms with E-state index < -0.39 is 12.6 Å². The third-order valence-corrected chi connectivity index (χ3v) is 2.67. The molecule has 0 saturated carbocycles. The zero-order valence-corrected chi connectivity index (χ0v) is 11.9. The van der Waals surface area contributed by atoms with E-state index in [1.807, 2.05) is 0 Å².